The monoisotopic (exact) mass is 878 g/mol. The lowest BCUT2D eigenvalue weighted by atomic mass is 9.86. The Labute approximate surface area is 369 Å². The molecule has 9 rings (SSSR count). The number of halogens is 1. The van der Waals surface area contributed by atoms with Crippen molar-refractivity contribution in [2.24, 2.45) is 11.3 Å². The second-order valence-electron chi connectivity index (χ2n) is 17.8. The number of rotatable bonds is 11. The van der Waals surface area contributed by atoms with Crippen LogP contribution in [0.3, 0.4) is 0 Å². The maximum Gasteiger partial charge on any atom is 0.293 e. The number of amides is 5. The van der Waals surface area contributed by atoms with Crippen molar-refractivity contribution < 1.29 is 28.7 Å². The molecule has 18 heteroatoms. The van der Waals surface area contributed by atoms with Crippen LogP contribution in [0.15, 0.2) is 53.5 Å². The van der Waals surface area contributed by atoms with Crippen LogP contribution in [0.5, 0.6) is 5.75 Å². The summed E-state index contributed by atoms with van der Waals surface area (Å²) < 4.78 is 7.27. The summed E-state index contributed by atoms with van der Waals surface area (Å²) in [5, 5.41) is 9.30. The molecule has 2 aromatic heterocycles. The topological polar surface area (TPSA) is 191 Å². The lowest BCUT2D eigenvalue weighted by Crippen LogP contribution is -2.52. The van der Waals surface area contributed by atoms with Gasteiger partial charge in [-0.15, -0.1) is 0 Å². The highest BCUT2D eigenvalue weighted by Crippen LogP contribution is 2.43. The van der Waals surface area contributed by atoms with Crippen LogP contribution in [0.2, 0.25) is 5.02 Å². The number of fused-ring (bicyclic) bond motifs is 2. The first-order valence-electron chi connectivity index (χ1n) is 21.7. The van der Waals surface area contributed by atoms with Crippen LogP contribution in [0, 0.1) is 11.3 Å². The largest absolute Gasteiger partial charge is 0.478 e. The molecule has 2 atom stereocenters. The zero-order chi connectivity index (χ0) is 44.2. The van der Waals surface area contributed by atoms with Gasteiger partial charge < -0.3 is 39.5 Å². The fraction of sp³-hybridized carbons (Fsp3) is 0.467. The highest BCUT2D eigenvalue weighted by atomic mass is 35.5. The molecule has 5 aliphatic heterocycles. The van der Waals surface area contributed by atoms with E-state index in [9.17, 15) is 28.8 Å². The van der Waals surface area contributed by atoms with Gasteiger partial charge in [0.2, 0.25) is 23.7 Å². The van der Waals surface area contributed by atoms with E-state index in [2.05, 4.69) is 30.7 Å². The number of hydrogen-bond donors (Lipinski definition) is 3. The minimum absolute atomic E-state index is 0.0855. The van der Waals surface area contributed by atoms with Crippen LogP contribution in [0.4, 0.5) is 23.1 Å². The number of anilines is 4. The number of hydrogen-bond acceptors (Lipinski definition) is 12. The zero-order valence-electron chi connectivity index (χ0n) is 35.6. The van der Waals surface area contributed by atoms with Gasteiger partial charge in [0.1, 0.15) is 11.1 Å². The van der Waals surface area contributed by atoms with Crippen molar-refractivity contribution in [1.82, 2.24) is 35.0 Å². The minimum Gasteiger partial charge on any atom is -0.478 e. The number of aromatic nitrogens is 3. The van der Waals surface area contributed by atoms with E-state index in [1.54, 1.807) is 22.9 Å². The molecule has 3 N–H and O–H groups in total. The first kappa shape index (κ1) is 42.2. The second-order valence-corrected chi connectivity index (χ2v) is 18.2. The summed E-state index contributed by atoms with van der Waals surface area (Å²) in [5.41, 5.74) is 3.09. The molecule has 4 aromatic rings. The Morgan fingerprint density at radius 1 is 1.02 bits per heavy atom. The van der Waals surface area contributed by atoms with Gasteiger partial charge in [-0.2, -0.15) is 4.98 Å². The summed E-state index contributed by atoms with van der Waals surface area (Å²) >= 11 is 6.62. The number of pyridine rings is 1. The van der Waals surface area contributed by atoms with Crippen LogP contribution in [-0.2, 0) is 25.7 Å². The molecule has 17 nitrogen and oxygen atoms in total. The molecule has 0 bridgehead atoms. The van der Waals surface area contributed by atoms with E-state index in [4.69, 9.17) is 21.3 Å². The molecule has 0 aliphatic carbocycles. The van der Waals surface area contributed by atoms with E-state index >= 15 is 0 Å². The third-order valence-electron chi connectivity index (χ3n) is 13.2. The number of nitrogens with zero attached hydrogens (tertiary/aromatic N) is 7. The number of carbonyl (C=O) groups is 5. The molecule has 0 radical (unpaired) electrons. The highest BCUT2D eigenvalue weighted by molar-refractivity contribution is 6.33. The number of imide groups is 1. The van der Waals surface area contributed by atoms with Crippen molar-refractivity contribution in [3.63, 3.8) is 0 Å². The molecular weight excluding hydrogens is 828 g/mol. The third kappa shape index (κ3) is 8.31. The Bertz CT molecular complexity index is 2590. The first-order chi connectivity index (χ1) is 30.3. The number of ether oxygens (including phenoxy) is 1. The van der Waals surface area contributed by atoms with Crippen molar-refractivity contribution in [2.75, 3.05) is 68.0 Å². The van der Waals surface area contributed by atoms with Crippen LogP contribution >= 0.6 is 11.6 Å². The number of piperidine rings is 2. The van der Waals surface area contributed by atoms with Crippen LogP contribution in [0.1, 0.15) is 74.3 Å². The summed E-state index contributed by atoms with van der Waals surface area (Å²) in [4.78, 5) is 93.6. The number of nitrogens with one attached hydrogen (secondary N) is 3. The molecule has 63 heavy (non-hydrogen) atoms. The molecule has 5 amide bonds. The molecule has 330 valence electrons. The summed E-state index contributed by atoms with van der Waals surface area (Å²) in [7, 11) is 1.51. The standard InChI is InChI=1S/C45H51ClN10O7/c1-26(2)56-34-7-4-30(16-28(34)18-36(43(56)62)63-23-38(58)47-3)49-40-33(46)20-48-44(51-40)53-13-10-27(11-14-53)21-52-15-12-45(24-52)19-39(59)55(25-45)31-5-6-32-29(17-31)22-54(42(32)61)35-8-9-37(57)50-41(35)60/h4-7,16-18,20,26-27,35H,8-15,19,21-25H2,1-3H3,(H,47,58)(H,48,49,51)(H,50,57,60). The van der Waals surface area contributed by atoms with Gasteiger partial charge >= 0.3 is 0 Å². The first-order valence-corrected chi connectivity index (χ1v) is 22.0. The second kappa shape index (κ2) is 16.9. The predicted octanol–water partition coefficient (Wildman–Crippen LogP) is 4.00. The molecule has 4 saturated heterocycles. The minimum atomic E-state index is -0.681. The van der Waals surface area contributed by atoms with E-state index in [1.165, 1.54) is 11.9 Å². The van der Waals surface area contributed by atoms with Crippen LogP contribution in [-0.4, -0.2) is 113 Å². The van der Waals surface area contributed by atoms with Gasteiger partial charge in [0.15, 0.2) is 18.2 Å². The Morgan fingerprint density at radius 2 is 1.83 bits per heavy atom. The highest BCUT2D eigenvalue weighted by Gasteiger charge is 2.48. The number of likely N-dealkylation sites (N-methyl/N-ethyl adjacent to an activating group) is 1. The van der Waals surface area contributed by atoms with E-state index < -0.39 is 11.9 Å². The average molecular weight is 879 g/mol. The average Bonchev–Trinajstić information content (AvgIpc) is 3.92. The maximum atomic E-state index is 13.5. The van der Waals surface area contributed by atoms with Crippen LogP contribution in [0.25, 0.3) is 10.9 Å². The summed E-state index contributed by atoms with van der Waals surface area (Å²) in [6.45, 7) is 8.79. The fourth-order valence-corrected chi connectivity index (χ4v) is 10.1. The molecule has 0 saturated carbocycles. The van der Waals surface area contributed by atoms with Gasteiger partial charge in [-0.1, -0.05) is 11.6 Å². The predicted molar refractivity (Wildman–Crippen MR) is 236 cm³/mol. The molecule has 7 heterocycles. The molecule has 4 fully saturated rings. The van der Waals surface area contributed by atoms with Gasteiger partial charge in [0.25, 0.3) is 17.4 Å². The Hall–Kier alpha value is -6.07. The molecule has 5 aliphatic rings. The van der Waals surface area contributed by atoms with Gasteiger partial charge in [0, 0.05) is 92.9 Å². The van der Waals surface area contributed by atoms with Gasteiger partial charge in [-0.3, -0.25) is 34.1 Å². The lowest BCUT2D eigenvalue weighted by molar-refractivity contribution is -0.137. The van der Waals surface area contributed by atoms with Crippen LogP contribution < -0.4 is 36.0 Å². The normalized spacial score (nSPS) is 21.9. The van der Waals surface area contributed by atoms with E-state index in [-0.39, 0.29) is 66.0 Å². The molecule has 2 unspecified atom stereocenters. The van der Waals surface area contributed by atoms with E-state index in [0.717, 1.165) is 74.1 Å². The number of likely N-dealkylation sites (tertiary alicyclic amines) is 1. The molecule has 1 spiro atoms. The fourth-order valence-electron chi connectivity index (χ4n) is 9.96. The summed E-state index contributed by atoms with van der Waals surface area (Å²) in [5.74, 6) is 0.384. The number of benzene rings is 2. The third-order valence-corrected chi connectivity index (χ3v) is 13.5. The van der Waals surface area contributed by atoms with Crippen molar-refractivity contribution >= 4 is 75.2 Å². The maximum absolute atomic E-state index is 13.5. The Kier molecular flexibility index (Phi) is 11.3. The zero-order valence-corrected chi connectivity index (χ0v) is 36.4. The van der Waals surface area contributed by atoms with Crippen molar-refractivity contribution in [2.45, 2.75) is 71.0 Å². The molecule has 2 aromatic carbocycles. The quantitative estimate of drug-likeness (QED) is 0.184. The number of carbonyl (C=O) groups excluding carboxylic acids is 5. The van der Waals surface area contributed by atoms with Gasteiger partial charge in [0.05, 0.1) is 11.7 Å². The van der Waals surface area contributed by atoms with Crippen molar-refractivity contribution in [3.05, 3.63) is 75.2 Å². The molecular formula is C45H51ClN10O7. The van der Waals surface area contributed by atoms with Crippen molar-refractivity contribution in [1.29, 1.82) is 0 Å². The smallest absolute Gasteiger partial charge is 0.293 e. The van der Waals surface area contributed by atoms with E-state index in [0.29, 0.717) is 53.3 Å². The van der Waals surface area contributed by atoms with E-state index in [1.807, 2.05) is 49.1 Å². The Morgan fingerprint density at radius 3 is 2.59 bits per heavy atom. The SMILES string of the molecule is CNC(=O)COc1cc2cc(Nc3nc(N4CCC(CN5CCC6(CC(=O)N(c7ccc8c(c7)CN(C7CCC(=O)NC7=O)C8=O)C6)C5)CC4)ncc3Cl)ccc2n(C(C)C)c1=O. The summed E-state index contributed by atoms with van der Waals surface area (Å²) in [6.07, 6.45) is 5.48. The van der Waals surface area contributed by atoms with Gasteiger partial charge in [-0.25, -0.2) is 4.98 Å². The summed E-state index contributed by atoms with van der Waals surface area (Å²) in [6, 6.07) is 12.0. The van der Waals surface area contributed by atoms with Crippen molar-refractivity contribution in [3.8, 4) is 5.75 Å². The van der Waals surface area contributed by atoms with Gasteiger partial charge in [-0.05, 0) is 100 Å². The lowest BCUT2D eigenvalue weighted by Gasteiger charge is -2.34. The Balaban J connectivity index is 0.799.